The van der Waals surface area contributed by atoms with Gasteiger partial charge in [0.05, 0.1) is 0 Å². The minimum absolute atomic E-state index is 0.336. The summed E-state index contributed by atoms with van der Waals surface area (Å²) < 4.78 is 0. The third-order valence-corrected chi connectivity index (χ3v) is 5.29. The summed E-state index contributed by atoms with van der Waals surface area (Å²) in [6.07, 6.45) is 7.83. The molecule has 0 aromatic carbocycles. The zero-order valence-corrected chi connectivity index (χ0v) is 8.46. The van der Waals surface area contributed by atoms with E-state index in [9.17, 15) is 4.79 Å². The van der Waals surface area contributed by atoms with Crippen LogP contribution in [0.4, 0.5) is 0 Å². The van der Waals surface area contributed by atoms with Gasteiger partial charge in [-0.25, -0.2) is 0 Å². The van der Waals surface area contributed by atoms with Crippen LogP contribution in [0.3, 0.4) is 0 Å². The predicted octanol–water partition coefficient (Wildman–Crippen LogP) is 1.70. The third kappa shape index (κ3) is 0.768. The largest absolute Gasteiger partial charge is 0.353 e. The topological polar surface area (TPSA) is 29.1 Å². The van der Waals surface area contributed by atoms with Gasteiger partial charge < -0.3 is 5.32 Å². The predicted molar refractivity (Wildman–Crippen MR) is 52.5 cm³/mol. The van der Waals surface area contributed by atoms with Gasteiger partial charge in [-0.05, 0) is 49.9 Å². The quantitative estimate of drug-likeness (QED) is 0.620. The van der Waals surface area contributed by atoms with Crippen molar-refractivity contribution in [2.45, 2.75) is 44.6 Å². The molecule has 0 aromatic rings. The number of rotatable bonds is 0. The smallest absolute Gasteiger partial charge is 0.220 e. The first kappa shape index (κ1) is 7.72. The van der Waals surface area contributed by atoms with E-state index in [0.717, 1.165) is 24.2 Å². The van der Waals surface area contributed by atoms with Gasteiger partial charge in [-0.1, -0.05) is 0 Å². The van der Waals surface area contributed by atoms with Gasteiger partial charge >= 0.3 is 0 Å². The maximum absolute atomic E-state index is 11.6. The summed E-state index contributed by atoms with van der Waals surface area (Å²) in [5, 5.41) is 3.25. The fourth-order valence-electron chi connectivity index (χ4n) is 5.28. The summed E-state index contributed by atoms with van der Waals surface area (Å²) in [6, 6.07) is 0.572. The van der Waals surface area contributed by atoms with Crippen LogP contribution in [0.2, 0.25) is 0 Å². The zero-order valence-electron chi connectivity index (χ0n) is 8.46. The molecule has 1 heterocycles. The molecule has 1 spiro atoms. The highest BCUT2D eigenvalue weighted by molar-refractivity contribution is 5.80. The molecule has 1 amide bonds. The van der Waals surface area contributed by atoms with Crippen LogP contribution < -0.4 is 5.32 Å². The van der Waals surface area contributed by atoms with Gasteiger partial charge in [0, 0.05) is 17.9 Å². The molecule has 4 aliphatic carbocycles. The van der Waals surface area contributed by atoms with E-state index >= 15 is 0 Å². The molecule has 4 bridgehead atoms. The van der Waals surface area contributed by atoms with Crippen LogP contribution in [0, 0.1) is 23.2 Å². The minimum Gasteiger partial charge on any atom is -0.353 e. The van der Waals surface area contributed by atoms with Gasteiger partial charge in [-0.15, -0.1) is 0 Å². The van der Waals surface area contributed by atoms with Gasteiger partial charge in [0.15, 0.2) is 0 Å². The molecule has 0 radical (unpaired) electrons. The van der Waals surface area contributed by atoms with E-state index in [4.69, 9.17) is 0 Å². The Bertz CT molecular complexity index is 297. The SMILES string of the molecule is O=C1CC23CC4CC(CC(C4)[C@H]2N1)C3. The maximum atomic E-state index is 11.6. The monoisotopic (exact) mass is 191 g/mol. The van der Waals surface area contributed by atoms with Gasteiger partial charge in [-0.2, -0.15) is 0 Å². The van der Waals surface area contributed by atoms with Crippen LogP contribution in [0.5, 0.6) is 0 Å². The molecule has 0 aromatic heterocycles. The highest BCUT2D eigenvalue weighted by Crippen LogP contribution is 2.62. The molecule has 5 rings (SSSR count). The summed E-state index contributed by atoms with van der Waals surface area (Å²) >= 11 is 0. The van der Waals surface area contributed by atoms with E-state index in [1.807, 2.05) is 0 Å². The van der Waals surface area contributed by atoms with Crippen molar-refractivity contribution >= 4 is 5.91 Å². The van der Waals surface area contributed by atoms with Gasteiger partial charge in [0.25, 0.3) is 0 Å². The minimum atomic E-state index is 0.336. The molecule has 4 saturated carbocycles. The summed E-state index contributed by atoms with van der Waals surface area (Å²) in [5.74, 6) is 3.11. The van der Waals surface area contributed by atoms with Crippen LogP contribution in [-0.2, 0) is 4.79 Å². The van der Waals surface area contributed by atoms with E-state index in [0.29, 0.717) is 17.4 Å². The van der Waals surface area contributed by atoms with E-state index in [1.165, 1.54) is 32.1 Å². The number of carbonyl (C=O) groups excluding carboxylic acids is 1. The van der Waals surface area contributed by atoms with Gasteiger partial charge in [0.1, 0.15) is 0 Å². The molecule has 76 valence electrons. The van der Waals surface area contributed by atoms with Crippen molar-refractivity contribution in [1.82, 2.24) is 5.32 Å². The average Bonchev–Trinajstić information content (AvgIpc) is 2.40. The van der Waals surface area contributed by atoms with Crippen molar-refractivity contribution in [2.24, 2.45) is 23.2 Å². The Balaban J connectivity index is 1.80. The molecular weight excluding hydrogens is 174 g/mol. The molecule has 1 saturated heterocycles. The van der Waals surface area contributed by atoms with Gasteiger partial charge in [0.2, 0.25) is 5.91 Å². The number of carbonyl (C=O) groups is 1. The molecule has 5 aliphatic rings. The van der Waals surface area contributed by atoms with Crippen LogP contribution >= 0.6 is 0 Å². The Morgan fingerprint density at radius 3 is 2.57 bits per heavy atom. The molecule has 1 N–H and O–H groups in total. The van der Waals surface area contributed by atoms with Crippen LogP contribution in [0.15, 0.2) is 0 Å². The van der Waals surface area contributed by atoms with Crippen LogP contribution in [0.25, 0.3) is 0 Å². The lowest BCUT2D eigenvalue weighted by atomic mass is 9.48. The third-order valence-electron chi connectivity index (χ3n) is 5.29. The van der Waals surface area contributed by atoms with Crippen molar-refractivity contribution in [1.29, 1.82) is 0 Å². The lowest BCUT2D eigenvalue weighted by Gasteiger charge is -2.58. The second-order valence-corrected chi connectivity index (χ2v) is 6.19. The standard InChI is InChI=1S/C12H17NO/c14-10-6-12-4-7-1-8(5-12)3-9(2-7)11(12)13-10/h7-9,11H,1-6H2,(H,13,14)/t7?,8?,9?,11-,12?/m1/s1. The number of hydrogen-bond donors (Lipinski definition) is 1. The summed E-state index contributed by atoms with van der Waals surface area (Å²) in [4.78, 5) is 11.6. The van der Waals surface area contributed by atoms with E-state index < -0.39 is 0 Å². The van der Waals surface area contributed by atoms with Crippen LogP contribution in [-0.4, -0.2) is 11.9 Å². The molecule has 1 aliphatic heterocycles. The highest BCUT2D eigenvalue weighted by atomic mass is 16.2. The fourth-order valence-corrected chi connectivity index (χ4v) is 5.28. The Labute approximate surface area is 84.4 Å². The van der Waals surface area contributed by atoms with Crippen molar-refractivity contribution < 1.29 is 4.79 Å². The second kappa shape index (κ2) is 2.17. The fraction of sp³-hybridized carbons (Fsp3) is 0.917. The lowest BCUT2D eigenvalue weighted by molar-refractivity contribution is -0.120. The molecular formula is C12H17NO. The Morgan fingerprint density at radius 1 is 1.14 bits per heavy atom. The lowest BCUT2D eigenvalue weighted by Crippen LogP contribution is -2.56. The highest BCUT2D eigenvalue weighted by Gasteiger charge is 2.60. The summed E-state index contributed by atoms with van der Waals surface area (Å²) in [7, 11) is 0. The first-order valence-corrected chi connectivity index (χ1v) is 6.05. The van der Waals surface area contributed by atoms with Gasteiger partial charge in [-0.3, -0.25) is 4.79 Å². The number of amides is 1. The van der Waals surface area contributed by atoms with E-state index in [-0.39, 0.29) is 0 Å². The van der Waals surface area contributed by atoms with Crippen molar-refractivity contribution in [3.05, 3.63) is 0 Å². The molecule has 2 heteroatoms. The normalized spacial score (nSPS) is 58.7. The average molecular weight is 191 g/mol. The first-order chi connectivity index (χ1) is 6.75. The number of hydrogen-bond acceptors (Lipinski definition) is 1. The molecule has 5 fully saturated rings. The summed E-state index contributed by atoms with van der Waals surface area (Å²) in [6.45, 7) is 0. The Kier molecular flexibility index (Phi) is 1.20. The number of nitrogens with one attached hydrogen (secondary N) is 1. The zero-order chi connectivity index (χ0) is 9.34. The van der Waals surface area contributed by atoms with Crippen molar-refractivity contribution in [2.75, 3.05) is 0 Å². The second-order valence-electron chi connectivity index (χ2n) is 6.19. The Hall–Kier alpha value is -0.530. The Morgan fingerprint density at radius 2 is 1.86 bits per heavy atom. The summed E-state index contributed by atoms with van der Waals surface area (Å²) in [5.41, 5.74) is 0.422. The van der Waals surface area contributed by atoms with Crippen LogP contribution in [0.1, 0.15) is 38.5 Å². The van der Waals surface area contributed by atoms with E-state index in [2.05, 4.69) is 5.32 Å². The maximum Gasteiger partial charge on any atom is 0.220 e. The van der Waals surface area contributed by atoms with Crippen molar-refractivity contribution in [3.63, 3.8) is 0 Å². The molecule has 14 heavy (non-hydrogen) atoms. The van der Waals surface area contributed by atoms with E-state index in [1.54, 1.807) is 0 Å². The molecule has 2 unspecified atom stereocenters. The molecule has 2 nitrogen and oxygen atoms in total. The van der Waals surface area contributed by atoms with Crippen molar-refractivity contribution in [3.8, 4) is 0 Å². The molecule has 3 atom stereocenters. The first-order valence-electron chi connectivity index (χ1n) is 6.05.